The zero-order chi connectivity index (χ0) is 8.97. The SMILES string of the molecule is Cc1ccnc(SCCCl)c1Br. The summed E-state index contributed by atoms with van der Waals surface area (Å²) in [4.78, 5) is 4.23. The van der Waals surface area contributed by atoms with Crippen molar-refractivity contribution < 1.29 is 0 Å². The molecule has 0 radical (unpaired) electrons. The molecular formula is C8H9BrClNS. The summed E-state index contributed by atoms with van der Waals surface area (Å²) in [5.41, 5.74) is 1.21. The fourth-order valence-electron chi connectivity index (χ4n) is 0.751. The molecule has 0 N–H and O–H groups in total. The maximum atomic E-state index is 5.58. The molecule has 0 saturated heterocycles. The lowest BCUT2D eigenvalue weighted by Crippen LogP contribution is -1.87. The minimum Gasteiger partial charge on any atom is -0.249 e. The Morgan fingerprint density at radius 1 is 1.67 bits per heavy atom. The van der Waals surface area contributed by atoms with E-state index in [0.717, 1.165) is 15.3 Å². The Bertz CT molecular complexity index is 267. The molecule has 4 heteroatoms. The van der Waals surface area contributed by atoms with Crippen LogP contribution in [0.15, 0.2) is 21.8 Å². The summed E-state index contributed by atoms with van der Waals surface area (Å²) in [5.74, 6) is 1.56. The molecule has 1 aromatic heterocycles. The number of halogens is 2. The van der Waals surface area contributed by atoms with Crippen molar-refractivity contribution in [2.75, 3.05) is 11.6 Å². The Labute approximate surface area is 90.0 Å². The number of nitrogens with zero attached hydrogens (tertiary/aromatic N) is 1. The highest BCUT2D eigenvalue weighted by atomic mass is 79.9. The zero-order valence-corrected chi connectivity index (χ0v) is 9.84. The lowest BCUT2D eigenvalue weighted by Gasteiger charge is -2.03. The molecule has 1 aromatic rings. The van der Waals surface area contributed by atoms with Crippen molar-refractivity contribution in [2.45, 2.75) is 11.9 Å². The van der Waals surface area contributed by atoms with Gasteiger partial charge in [0.25, 0.3) is 0 Å². The summed E-state index contributed by atoms with van der Waals surface area (Å²) in [6.07, 6.45) is 1.82. The topological polar surface area (TPSA) is 12.9 Å². The average Bonchev–Trinajstić information content (AvgIpc) is 2.08. The van der Waals surface area contributed by atoms with Gasteiger partial charge in [0.1, 0.15) is 5.03 Å². The molecule has 0 amide bonds. The fourth-order valence-corrected chi connectivity index (χ4v) is 2.25. The predicted octanol–water partition coefficient (Wildman–Crippen LogP) is 3.48. The van der Waals surface area contributed by atoms with E-state index in [1.807, 2.05) is 12.3 Å². The minimum absolute atomic E-state index is 0.659. The highest BCUT2D eigenvalue weighted by molar-refractivity contribution is 9.10. The van der Waals surface area contributed by atoms with E-state index in [4.69, 9.17) is 11.6 Å². The molecule has 0 atom stereocenters. The van der Waals surface area contributed by atoms with Gasteiger partial charge < -0.3 is 0 Å². The second-order valence-corrected chi connectivity index (χ2v) is 4.54. The van der Waals surface area contributed by atoms with Crippen LogP contribution in [0.3, 0.4) is 0 Å². The number of thioether (sulfide) groups is 1. The summed E-state index contributed by atoms with van der Waals surface area (Å²) >= 11 is 10.7. The van der Waals surface area contributed by atoms with Crippen LogP contribution in [0.2, 0.25) is 0 Å². The number of alkyl halides is 1. The number of hydrogen-bond donors (Lipinski definition) is 0. The molecule has 12 heavy (non-hydrogen) atoms. The predicted molar refractivity (Wildman–Crippen MR) is 58.1 cm³/mol. The molecule has 0 saturated carbocycles. The highest BCUT2D eigenvalue weighted by Gasteiger charge is 2.03. The molecule has 1 heterocycles. The van der Waals surface area contributed by atoms with Crippen LogP contribution in [0.1, 0.15) is 5.56 Å². The largest absolute Gasteiger partial charge is 0.249 e. The summed E-state index contributed by atoms with van der Waals surface area (Å²) in [6, 6.07) is 1.98. The van der Waals surface area contributed by atoms with Crippen molar-refractivity contribution in [3.8, 4) is 0 Å². The molecule has 0 aromatic carbocycles. The number of hydrogen-bond acceptors (Lipinski definition) is 2. The lowest BCUT2D eigenvalue weighted by atomic mass is 10.3. The van der Waals surface area contributed by atoms with Crippen molar-refractivity contribution in [3.63, 3.8) is 0 Å². The van der Waals surface area contributed by atoms with Gasteiger partial charge in [-0.25, -0.2) is 4.98 Å². The van der Waals surface area contributed by atoms with Crippen LogP contribution in [0.4, 0.5) is 0 Å². The van der Waals surface area contributed by atoms with E-state index in [1.165, 1.54) is 5.56 Å². The first kappa shape index (κ1) is 10.4. The summed E-state index contributed by atoms with van der Waals surface area (Å²) in [7, 11) is 0. The van der Waals surface area contributed by atoms with Gasteiger partial charge in [0.15, 0.2) is 0 Å². The Morgan fingerprint density at radius 2 is 2.42 bits per heavy atom. The van der Waals surface area contributed by atoms with Gasteiger partial charge >= 0.3 is 0 Å². The first-order chi connectivity index (χ1) is 5.75. The third-order valence-electron chi connectivity index (χ3n) is 1.37. The second-order valence-electron chi connectivity index (χ2n) is 2.28. The monoisotopic (exact) mass is 265 g/mol. The van der Waals surface area contributed by atoms with Gasteiger partial charge in [-0.2, -0.15) is 0 Å². The molecule has 0 spiro atoms. The first-order valence-corrected chi connectivity index (χ1v) is 5.87. The van der Waals surface area contributed by atoms with Crippen molar-refractivity contribution in [3.05, 3.63) is 22.3 Å². The van der Waals surface area contributed by atoms with E-state index >= 15 is 0 Å². The normalized spacial score (nSPS) is 10.2. The van der Waals surface area contributed by atoms with Gasteiger partial charge in [-0.15, -0.1) is 23.4 Å². The van der Waals surface area contributed by atoms with Crippen molar-refractivity contribution >= 4 is 39.3 Å². The van der Waals surface area contributed by atoms with Crippen molar-refractivity contribution in [1.29, 1.82) is 0 Å². The lowest BCUT2D eigenvalue weighted by molar-refractivity contribution is 1.08. The Kier molecular flexibility index (Phi) is 4.40. The zero-order valence-electron chi connectivity index (χ0n) is 6.68. The summed E-state index contributed by atoms with van der Waals surface area (Å²) in [6.45, 7) is 2.05. The van der Waals surface area contributed by atoms with Crippen LogP contribution in [-0.2, 0) is 0 Å². The van der Waals surface area contributed by atoms with Crippen LogP contribution in [-0.4, -0.2) is 16.6 Å². The Morgan fingerprint density at radius 3 is 3.08 bits per heavy atom. The standard InChI is InChI=1S/C8H9BrClNS/c1-6-2-4-11-8(7(6)9)12-5-3-10/h2,4H,3,5H2,1H3. The summed E-state index contributed by atoms with van der Waals surface area (Å²) in [5, 5.41) is 1.02. The van der Waals surface area contributed by atoms with Gasteiger partial charge in [-0.1, -0.05) is 0 Å². The molecule has 0 aliphatic rings. The second kappa shape index (κ2) is 5.10. The van der Waals surface area contributed by atoms with E-state index < -0.39 is 0 Å². The third-order valence-corrected chi connectivity index (χ3v) is 4.03. The number of rotatable bonds is 3. The van der Waals surface area contributed by atoms with E-state index in [2.05, 4.69) is 27.8 Å². The molecule has 1 nitrogen and oxygen atoms in total. The summed E-state index contributed by atoms with van der Waals surface area (Å²) < 4.78 is 1.08. The van der Waals surface area contributed by atoms with Gasteiger partial charge in [-0.3, -0.25) is 0 Å². The maximum absolute atomic E-state index is 5.58. The van der Waals surface area contributed by atoms with Crippen molar-refractivity contribution in [1.82, 2.24) is 4.98 Å². The molecule has 66 valence electrons. The van der Waals surface area contributed by atoms with Gasteiger partial charge in [0.2, 0.25) is 0 Å². The molecular weight excluding hydrogens is 258 g/mol. The van der Waals surface area contributed by atoms with Gasteiger partial charge in [0, 0.05) is 17.8 Å². The molecule has 0 unspecified atom stereocenters. The highest BCUT2D eigenvalue weighted by Crippen LogP contribution is 2.27. The van der Waals surface area contributed by atoms with Crippen LogP contribution in [0.5, 0.6) is 0 Å². The van der Waals surface area contributed by atoms with E-state index in [-0.39, 0.29) is 0 Å². The van der Waals surface area contributed by atoms with E-state index in [0.29, 0.717) is 5.88 Å². The van der Waals surface area contributed by atoms with Crippen LogP contribution in [0, 0.1) is 6.92 Å². The van der Waals surface area contributed by atoms with E-state index in [9.17, 15) is 0 Å². The molecule has 0 aliphatic heterocycles. The molecule has 0 bridgehead atoms. The number of aromatic nitrogens is 1. The van der Waals surface area contributed by atoms with E-state index in [1.54, 1.807) is 11.8 Å². The Hall–Kier alpha value is 0.270. The van der Waals surface area contributed by atoms with Gasteiger partial charge in [0.05, 0.1) is 4.47 Å². The Balaban J connectivity index is 2.78. The molecule has 0 aliphatic carbocycles. The third kappa shape index (κ3) is 2.64. The molecule has 1 rings (SSSR count). The van der Waals surface area contributed by atoms with Crippen molar-refractivity contribution in [2.24, 2.45) is 0 Å². The van der Waals surface area contributed by atoms with Crippen LogP contribution in [0.25, 0.3) is 0 Å². The smallest absolute Gasteiger partial charge is 0.110 e. The number of pyridine rings is 1. The average molecular weight is 267 g/mol. The molecule has 0 fully saturated rings. The van der Waals surface area contributed by atoms with Crippen LogP contribution < -0.4 is 0 Å². The van der Waals surface area contributed by atoms with Gasteiger partial charge in [-0.05, 0) is 34.5 Å². The fraction of sp³-hybridized carbons (Fsp3) is 0.375. The maximum Gasteiger partial charge on any atom is 0.110 e. The van der Waals surface area contributed by atoms with Crippen LogP contribution >= 0.6 is 39.3 Å². The quantitative estimate of drug-likeness (QED) is 0.614. The number of aryl methyl sites for hydroxylation is 1. The first-order valence-electron chi connectivity index (χ1n) is 3.55. The minimum atomic E-state index is 0.659.